The third-order valence-electron chi connectivity index (χ3n) is 8.22. The van der Waals surface area contributed by atoms with E-state index in [9.17, 15) is 72.3 Å². The molecule has 0 aliphatic rings. The Morgan fingerprint density at radius 1 is 0.448 bits per heavy atom. The molecule has 0 saturated carbocycles. The number of phenols is 4. The van der Waals surface area contributed by atoms with Crippen molar-refractivity contribution >= 4 is 96.1 Å². The van der Waals surface area contributed by atoms with E-state index < -0.39 is 117 Å². The average molecular weight is 873 g/mol. The number of hydrogen-bond acceptors (Lipinski definition) is 22. The molecule has 0 aliphatic carbocycles. The smallest absolute Gasteiger partial charge is 0.154 e. The van der Waals surface area contributed by atoms with Crippen molar-refractivity contribution in [1.82, 2.24) is 0 Å². The van der Waals surface area contributed by atoms with Crippen LogP contribution in [0.5, 0.6) is 23.0 Å². The van der Waals surface area contributed by atoms with Gasteiger partial charge in [0.1, 0.15) is 74.7 Å². The molecule has 0 heterocycles. The van der Waals surface area contributed by atoms with Crippen LogP contribution >= 0.6 is 0 Å². The van der Waals surface area contributed by atoms with Gasteiger partial charge in [0.15, 0.2) is 11.5 Å². The van der Waals surface area contributed by atoms with Crippen LogP contribution in [0.15, 0.2) is 113 Å². The Bertz CT molecular complexity index is 3080. The highest BCUT2D eigenvalue weighted by molar-refractivity contribution is 7.86. The third-order valence-corrected chi connectivity index (χ3v) is 11.5. The molecule has 0 bridgehead atoms. The van der Waals surface area contributed by atoms with E-state index in [0.29, 0.717) is 36.4 Å². The largest absolute Gasteiger partial charge is 0.744 e. The van der Waals surface area contributed by atoms with Crippen LogP contribution in [0.4, 0.5) is 34.1 Å². The highest BCUT2D eigenvalue weighted by Gasteiger charge is 2.23. The van der Waals surface area contributed by atoms with Crippen molar-refractivity contribution in [2.24, 2.45) is 20.5 Å². The van der Waals surface area contributed by atoms with Gasteiger partial charge in [0.25, 0.3) is 0 Å². The van der Waals surface area contributed by atoms with E-state index in [2.05, 4.69) is 20.5 Å². The van der Waals surface area contributed by atoms with E-state index in [1.807, 2.05) is 0 Å². The number of nitrogen functional groups attached to an aromatic ring is 2. The minimum Gasteiger partial charge on any atom is -0.744 e. The van der Waals surface area contributed by atoms with Gasteiger partial charge in [-0.05, 0) is 82.6 Å². The van der Waals surface area contributed by atoms with E-state index in [0.717, 1.165) is 24.3 Å². The molecule has 0 atom stereocenters. The second kappa shape index (κ2) is 14.1. The Morgan fingerprint density at radius 2 is 0.793 bits per heavy atom. The SMILES string of the molecule is Nc1cc(S(=O)(=O)[O-])cc2cc(S(=O)(=O)[O-])c(N=Nc3ccc(-c4ccc(N=Nc5c(S(=O)(=O)[O-])cc6cc(S(=O)(=O)[O-])cc(N)c6c5O)c(O)c4)cc3O)c(O)c12. The van der Waals surface area contributed by atoms with Gasteiger partial charge in [0, 0.05) is 22.1 Å². The lowest BCUT2D eigenvalue weighted by molar-refractivity contribution is 0.457. The molecular formula is C32H20N6O16S4-4. The van der Waals surface area contributed by atoms with Gasteiger partial charge < -0.3 is 50.1 Å². The lowest BCUT2D eigenvalue weighted by atomic mass is 10.0. The van der Waals surface area contributed by atoms with Crippen molar-refractivity contribution in [3.63, 3.8) is 0 Å². The zero-order valence-electron chi connectivity index (χ0n) is 28.2. The molecule has 26 heteroatoms. The molecule has 6 aromatic rings. The molecule has 0 spiro atoms. The predicted molar refractivity (Wildman–Crippen MR) is 195 cm³/mol. The Morgan fingerprint density at radius 3 is 1.09 bits per heavy atom. The van der Waals surface area contributed by atoms with Crippen molar-refractivity contribution in [3.8, 4) is 34.1 Å². The fourth-order valence-corrected chi connectivity index (χ4v) is 8.00. The fraction of sp³-hybridized carbons (Fsp3) is 0. The summed E-state index contributed by atoms with van der Waals surface area (Å²) >= 11 is 0. The van der Waals surface area contributed by atoms with E-state index in [1.54, 1.807) is 0 Å². The molecule has 0 saturated heterocycles. The highest BCUT2D eigenvalue weighted by Crippen LogP contribution is 2.47. The number of phenolic OH excluding ortho intramolecular Hbond substituents is 4. The number of rotatable bonds is 9. The van der Waals surface area contributed by atoms with Gasteiger partial charge in [0.05, 0.1) is 19.6 Å². The minimum absolute atomic E-state index is 0.199. The van der Waals surface area contributed by atoms with Gasteiger partial charge in [-0.2, -0.15) is 0 Å². The average Bonchev–Trinajstić information content (AvgIpc) is 3.09. The second-order valence-electron chi connectivity index (χ2n) is 12.0. The predicted octanol–water partition coefficient (Wildman–Crippen LogP) is 4.09. The van der Waals surface area contributed by atoms with Crippen LogP contribution in [0.3, 0.4) is 0 Å². The number of hydrogen-bond donors (Lipinski definition) is 6. The van der Waals surface area contributed by atoms with Gasteiger partial charge in [-0.15, -0.1) is 20.5 Å². The van der Waals surface area contributed by atoms with E-state index >= 15 is 0 Å². The number of anilines is 2. The highest BCUT2D eigenvalue weighted by atomic mass is 32.2. The first-order valence-corrected chi connectivity index (χ1v) is 20.9. The Hall–Kier alpha value is -6.52. The maximum Gasteiger partial charge on any atom is 0.154 e. The number of nitrogens with zero attached hydrogens (tertiary/aromatic N) is 4. The summed E-state index contributed by atoms with van der Waals surface area (Å²) in [5, 5.41) is 56.2. The van der Waals surface area contributed by atoms with Crippen molar-refractivity contribution in [2.45, 2.75) is 19.6 Å². The van der Waals surface area contributed by atoms with Crippen LogP contribution in [-0.4, -0.2) is 72.3 Å². The number of azo groups is 2. The monoisotopic (exact) mass is 872 g/mol. The summed E-state index contributed by atoms with van der Waals surface area (Å²) in [7, 11) is -21.1. The minimum atomic E-state index is -5.44. The van der Waals surface area contributed by atoms with Gasteiger partial charge in [-0.3, -0.25) is 0 Å². The standard InChI is InChI=1S/C32H24N6O16S4/c33-19-11-17(55(43,44)45)5-15-9-25(57(49,50)51)29(31(41)27(15)19)37-35-21-3-1-13(7-23(21)39)14-2-4-22(24(40)8-14)36-38-30-26(58(52,53)54)10-16-6-18(56(46,47)48)12-20(34)28(16)32(30)42/h1-12,39-42H,33-34H2,(H,43,44,45)(H,46,47,48)(H,49,50,51)(H,52,53,54)/p-4. The Balaban J connectivity index is 1.34. The van der Waals surface area contributed by atoms with Crippen LogP contribution in [0.25, 0.3) is 32.7 Å². The van der Waals surface area contributed by atoms with Crippen LogP contribution in [0, 0.1) is 0 Å². The fourth-order valence-electron chi connectivity index (χ4n) is 5.63. The number of nitrogens with two attached hydrogens (primary N) is 2. The third kappa shape index (κ3) is 7.88. The van der Waals surface area contributed by atoms with Crippen molar-refractivity contribution in [1.29, 1.82) is 0 Å². The summed E-state index contributed by atoms with van der Waals surface area (Å²) in [4.78, 5) is -4.11. The Labute approximate surface area is 325 Å². The summed E-state index contributed by atoms with van der Waals surface area (Å²) in [6.07, 6.45) is 0. The lowest BCUT2D eigenvalue weighted by Crippen LogP contribution is -2.03. The van der Waals surface area contributed by atoms with Crippen molar-refractivity contribution < 1.29 is 72.3 Å². The van der Waals surface area contributed by atoms with E-state index in [4.69, 9.17) is 11.5 Å². The van der Waals surface area contributed by atoms with Gasteiger partial charge in [0.2, 0.25) is 0 Å². The molecule has 22 nitrogen and oxygen atoms in total. The first-order valence-electron chi connectivity index (χ1n) is 15.3. The molecule has 0 amide bonds. The molecular weight excluding hydrogens is 853 g/mol. The molecule has 0 radical (unpaired) electrons. The van der Waals surface area contributed by atoms with Crippen LogP contribution < -0.4 is 11.5 Å². The molecule has 302 valence electrons. The molecule has 0 unspecified atom stereocenters. The van der Waals surface area contributed by atoms with Gasteiger partial charge in [-0.1, -0.05) is 12.1 Å². The summed E-state index contributed by atoms with van der Waals surface area (Å²) in [6, 6.07) is 11.2. The molecule has 0 aliphatic heterocycles. The summed E-state index contributed by atoms with van der Waals surface area (Å²) in [5.41, 5.74) is 8.47. The maximum atomic E-state index is 12.1. The summed E-state index contributed by atoms with van der Waals surface area (Å²) in [5.74, 6) is -3.27. The lowest BCUT2D eigenvalue weighted by Gasteiger charge is -2.16. The summed E-state index contributed by atoms with van der Waals surface area (Å²) < 4.78 is 142. The van der Waals surface area contributed by atoms with Gasteiger partial charge in [-0.25, -0.2) is 33.7 Å². The molecule has 0 fully saturated rings. The van der Waals surface area contributed by atoms with Crippen molar-refractivity contribution in [3.05, 3.63) is 72.8 Å². The molecule has 0 aromatic heterocycles. The molecule has 8 N–H and O–H groups in total. The molecule has 58 heavy (non-hydrogen) atoms. The number of fused-ring (bicyclic) bond motifs is 2. The maximum absolute atomic E-state index is 12.1. The Kier molecular flexibility index (Phi) is 10.0. The van der Waals surface area contributed by atoms with Crippen LogP contribution in [0.2, 0.25) is 0 Å². The molecule has 6 aromatic carbocycles. The van der Waals surface area contributed by atoms with Crippen LogP contribution in [0.1, 0.15) is 0 Å². The first kappa shape index (κ1) is 41.1. The van der Waals surface area contributed by atoms with Crippen molar-refractivity contribution in [2.75, 3.05) is 11.5 Å². The number of aromatic hydroxyl groups is 4. The molecule has 6 rings (SSSR count). The quantitative estimate of drug-likeness (QED) is 0.0676. The normalized spacial score (nSPS) is 13.0. The first-order chi connectivity index (χ1) is 26.8. The zero-order valence-corrected chi connectivity index (χ0v) is 31.5. The number of benzene rings is 6. The van der Waals surface area contributed by atoms with Crippen LogP contribution in [-0.2, 0) is 40.5 Å². The topological polar surface area (TPSA) is 411 Å². The van der Waals surface area contributed by atoms with E-state index in [1.165, 1.54) is 12.1 Å². The van der Waals surface area contributed by atoms with E-state index in [-0.39, 0.29) is 33.3 Å². The van der Waals surface area contributed by atoms with Gasteiger partial charge >= 0.3 is 0 Å². The summed E-state index contributed by atoms with van der Waals surface area (Å²) in [6.45, 7) is 0. The zero-order chi connectivity index (χ0) is 42.9. The second-order valence-corrected chi connectivity index (χ2v) is 17.4.